The number of fused-ring (bicyclic) bond motifs is 1. The van der Waals surface area contributed by atoms with Gasteiger partial charge in [-0.25, -0.2) is 4.98 Å². The summed E-state index contributed by atoms with van der Waals surface area (Å²) in [7, 11) is 0. The molecule has 66 valence electrons. The van der Waals surface area contributed by atoms with Gasteiger partial charge in [0.15, 0.2) is 0 Å². The lowest BCUT2D eigenvalue weighted by molar-refractivity contribution is 1.17. The fraction of sp³-hybridized carbons (Fsp3) is 0.182. The van der Waals surface area contributed by atoms with Crippen molar-refractivity contribution in [3.05, 3.63) is 36.2 Å². The molecule has 1 heterocycles. The zero-order chi connectivity index (χ0) is 9.26. The first-order chi connectivity index (χ1) is 6.31. The number of aromatic nitrogens is 2. The Balaban J connectivity index is 2.71. The zero-order valence-electron chi connectivity index (χ0n) is 7.86. The second kappa shape index (κ2) is 3.05. The number of imidazole rings is 1. The second-order valence-electron chi connectivity index (χ2n) is 3.13. The van der Waals surface area contributed by atoms with Crippen molar-refractivity contribution in [2.45, 2.75) is 13.8 Å². The van der Waals surface area contributed by atoms with E-state index >= 15 is 0 Å². The van der Waals surface area contributed by atoms with E-state index in [4.69, 9.17) is 0 Å². The maximum Gasteiger partial charge on any atom is 0.0999 e. The number of benzene rings is 1. The predicted octanol–water partition coefficient (Wildman–Crippen LogP) is 2.84. The molecular weight excluding hydrogens is 160 g/mol. The number of hydrogen-bond donors (Lipinski definition) is 0. The van der Waals surface area contributed by atoms with Crippen molar-refractivity contribution < 1.29 is 0 Å². The van der Waals surface area contributed by atoms with Crippen LogP contribution in [0, 0.1) is 6.92 Å². The van der Waals surface area contributed by atoms with E-state index in [1.807, 2.05) is 36.2 Å². The minimum Gasteiger partial charge on any atom is -0.306 e. The molecule has 0 saturated heterocycles. The van der Waals surface area contributed by atoms with Gasteiger partial charge in [-0.05, 0) is 31.5 Å². The lowest BCUT2D eigenvalue weighted by Gasteiger charge is -1.96. The third-order valence-electron chi connectivity index (χ3n) is 2.04. The van der Waals surface area contributed by atoms with Crippen LogP contribution in [0.5, 0.6) is 0 Å². The number of rotatable bonds is 1. The number of allylic oxidation sites excluding steroid dienone is 1. The SMILES string of the molecule is C/C=C/n1cnc2ccc(C)cc21. The summed E-state index contributed by atoms with van der Waals surface area (Å²) in [5, 5.41) is 0. The molecule has 0 fully saturated rings. The first-order valence-corrected chi connectivity index (χ1v) is 4.37. The van der Waals surface area contributed by atoms with Crippen molar-refractivity contribution in [3.8, 4) is 0 Å². The molecule has 2 nitrogen and oxygen atoms in total. The van der Waals surface area contributed by atoms with Crippen molar-refractivity contribution in [1.29, 1.82) is 0 Å². The molecule has 0 unspecified atom stereocenters. The van der Waals surface area contributed by atoms with Crippen LogP contribution in [-0.2, 0) is 0 Å². The van der Waals surface area contributed by atoms with Gasteiger partial charge in [-0.2, -0.15) is 0 Å². The molecule has 0 spiro atoms. The molecular formula is C11H12N2. The van der Waals surface area contributed by atoms with Crippen LogP contribution < -0.4 is 0 Å². The smallest absolute Gasteiger partial charge is 0.0999 e. The maximum absolute atomic E-state index is 4.29. The molecule has 0 aliphatic heterocycles. The van der Waals surface area contributed by atoms with Crippen LogP contribution >= 0.6 is 0 Å². The molecule has 0 bridgehead atoms. The zero-order valence-corrected chi connectivity index (χ0v) is 7.86. The second-order valence-corrected chi connectivity index (χ2v) is 3.13. The maximum atomic E-state index is 4.29. The van der Waals surface area contributed by atoms with E-state index in [0.717, 1.165) is 11.0 Å². The van der Waals surface area contributed by atoms with Crippen LogP contribution in [0.25, 0.3) is 17.2 Å². The number of aryl methyl sites for hydroxylation is 1. The fourth-order valence-corrected chi connectivity index (χ4v) is 1.42. The highest BCUT2D eigenvalue weighted by Crippen LogP contribution is 2.14. The van der Waals surface area contributed by atoms with Crippen LogP contribution in [0.15, 0.2) is 30.6 Å². The minimum atomic E-state index is 1.05. The van der Waals surface area contributed by atoms with Crippen LogP contribution in [0.3, 0.4) is 0 Å². The lowest BCUT2D eigenvalue weighted by Crippen LogP contribution is -1.82. The van der Waals surface area contributed by atoms with Crippen molar-refractivity contribution in [3.63, 3.8) is 0 Å². The Hall–Kier alpha value is -1.57. The monoisotopic (exact) mass is 172 g/mol. The van der Waals surface area contributed by atoms with Gasteiger partial charge in [-0.1, -0.05) is 12.1 Å². The largest absolute Gasteiger partial charge is 0.306 e. The van der Waals surface area contributed by atoms with Gasteiger partial charge >= 0.3 is 0 Å². The summed E-state index contributed by atoms with van der Waals surface area (Å²) in [5.74, 6) is 0. The van der Waals surface area contributed by atoms with E-state index in [1.54, 1.807) is 0 Å². The quantitative estimate of drug-likeness (QED) is 0.646. The Bertz CT molecular complexity index is 452. The molecule has 0 amide bonds. The highest BCUT2D eigenvalue weighted by atomic mass is 15.0. The van der Waals surface area contributed by atoms with Crippen LogP contribution in [0.2, 0.25) is 0 Å². The predicted molar refractivity (Wildman–Crippen MR) is 55.5 cm³/mol. The molecule has 0 aliphatic rings. The first-order valence-electron chi connectivity index (χ1n) is 4.37. The van der Waals surface area contributed by atoms with E-state index in [2.05, 4.69) is 24.0 Å². The third kappa shape index (κ3) is 1.35. The third-order valence-corrected chi connectivity index (χ3v) is 2.04. The molecule has 0 aliphatic carbocycles. The summed E-state index contributed by atoms with van der Waals surface area (Å²) in [5.41, 5.74) is 3.47. The van der Waals surface area contributed by atoms with E-state index in [0.29, 0.717) is 0 Å². The molecule has 2 rings (SSSR count). The van der Waals surface area contributed by atoms with E-state index in [9.17, 15) is 0 Å². The summed E-state index contributed by atoms with van der Waals surface area (Å²) >= 11 is 0. The van der Waals surface area contributed by atoms with Gasteiger partial charge in [0.05, 0.1) is 17.4 Å². The topological polar surface area (TPSA) is 17.8 Å². The summed E-state index contributed by atoms with van der Waals surface area (Å²) in [6, 6.07) is 6.27. The summed E-state index contributed by atoms with van der Waals surface area (Å²) in [6.45, 7) is 4.09. The molecule has 0 N–H and O–H groups in total. The Kier molecular flexibility index (Phi) is 1.89. The van der Waals surface area contributed by atoms with E-state index in [-0.39, 0.29) is 0 Å². The normalized spacial score (nSPS) is 11.5. The summed E-state index contributed by atoms with van der Waals surface area (Å²) in [4.78, 5) is 4.29. The van der Waals surface area contributed by atoms with Gasteiger partial charge in [0.1, 0.15) is 0 Å². The van der Waals surface area contributed by atoms with Crippen molar-refractivity contribution in [2.75, 3.05) is 0 Å². The summed E-state index contributed by atoms with van der Waals surface area (Å²) in [6.07, 6.45) is 5.85. The number of nitrogens with zero attached hydrogens (tertiary/aromatic N) is 2. The van der Waals surface area contributed by atoms with Crippen molar-refractivity contribution in [2.24, 2.45) is 0 Å². The van der Waals surface area contributed by atoms with E-state index in [1.165, 1.54) is 5.56 Å². The Morgan fingerprint density at radius 2 is 2.23 bits per heavy atom. The summed E-state index contributed by atoms with van der Waals surface area (Å²) < 4.78 is 2.03. The van der Waals surface area contributed by atoms with Gasteiger partial charge in [-0.15, -0.1) is 0 Å². The first kappa shape index (κ1) is 8.05. The van der Waals surface area contributed by atoms with Gasteiger partial charge < -0.3 is 4.57 Å². The molecule has 1 aromatic carbocycles. The van der Waals surface area contributed by atoms with Crippen molar-refractivity contribution >= 4 is 17.2 Å². The van der Waals surface area contributed by atoms with Crippen LogP contribution in [0.1, 0.15) is 12.5 Å². The van der Waals surface area contributed by atoms with Crippen LogP contribution in [-0.4, -0.2) is 9.55 Å². The molecule has 1 aromatic heterocycles. The van der Waals surface area contributed by atoms with Gasteiger partial charge in [-0.3, -0.25) is 0 Å². The number of hydrogen-bond acceptors (Lipinski definition) is 1. The molecule has 2 heteroatoms. The minimum absolute atomic E-state index is 1.05. The van der Waals surface area contributed by atoms with Crippen LogP contribution in [0.4, 0.5) is 0 Å². The fourth-order valence-electron chi connectivity index (χ4n) is 1.42. The Labute approximate surface area is 77.5 Å². The molecule has 2 aromatic rings. The highest BCUT2D eigenvalue weighted by Gasteiger charge is 1.98. The average molecular weight is 172 g/mol. The molecule has 0 saturated carbocycles. The molecule has 0 radical (unpaired) electrons. The average Bonchev–Trinajstić information content (AvgIpc) is 2.49. The van der Waals surface area contributed by atoms with Gasteiger partial charge in [0.2, 0.25) is 0 Å². The standard InChI is InChI=1S/C11H12N2/c1-3-6-13-8-12-10-5-4-9(2)7-11(10)13/h3-8H,1-2H3/b6-3+. The van der Waals surface area contributed by atoms with Crippen molar-refractivity contribution in [1.82, 2.24) is 9.55 Å². The van der Waals surface area contributed by atoms with Gasteiger partial charge in [0.25, 0.3) is 0 Å². The Morgan fingerprint density at radius 3 is 3.00 bits per heavy atom. The lowest BCUT2D eigenvalue weighted by atomic mass is 10.2. The van der Waals surface area contributed by atoms with Gasteiger partial charge in [0, 0.05) is 6.20 Å². The molecule has 0 atom stereocenters. The Morgan fingerprint density at radius 1 is 1.38 bits per heavy atom. The van der Waals surface area contributed by atoms with E-state index < -0.39 is 0 Å². The molecule has 13 heavy (non-hydrogen) atoms. The highest BCUT2D eigenvalue weighted by molar-refractivity contribution is 5.78.